The molecule has 2 aliphatic rings. The van der Waals surface area contributed by atoms with Crippen molar-refractivity contribution in [1.82, 2.24) is 9.80 Å². The van der Waals surface area contributed by atoms with Crippen LogP contribution in [0.1, 0.15) is 27.0 Å². The third kappa shape index (κ3) is 7.28. The van der Waals surface area contributed by atoms with Gasteiger partial charge in [0.2, 0.25) is 0 Å². The molecule has 4 rings (SSSR count). The SMILES string of the molecule is Cc1c2c(-c3ccccc3C(=O)O)c3cc(CN(CC(=O)O)CC(=O)O)c(O)cc3oc-2cc(=O)c1CN(CC(=O)O)CC(=O)O. The fourth-order valence-corrected chi connectivity index (χ4v) is 5.39. The number of aromatic hydroxyl groups is 1. The molecule has 2 aromatic carbocycles. The minimum atomic E-state index is -1.32. The van der Waals surface area contributed by atoms with Gasteiger partial charge >= 0.3 is 29.8 Å². The van der Waals surface area contributed by atoms with Gasteiger partial charge in [-0.1, -0.05) is 18.2 Å². The number of carbonyl (C=O) groups is 5. The van der Waals surface area contributed by atoms with Crippen LogP contribution in [-0.2, 0) is 32.3 Å². The highest BCUT2D eigenvalue weighted by Crippen LogP contribution is 2.45. The molecule has 0 fully saturated rings. The maximum absolute atomic E-state index is 13.3. The van der Waals surface area contributed by atoms with Crippen LogP contribution < -0.4 is 5.43 Å². The van der Waals surface area contributed by atoms with E-state index >= 15 is 0 Å². The molecule has 0 spiro atoms. The average Bonchev–Trinajstić information content (AvgIpc) is 2.93. The standard InChI is InChI=1S/C31H28N2O13/c1-15-20(10-33(13-27(40)41)14-28(42)43)22(35)8-24-29(15)30(17-4-2-3-5-18(17)31(44)45)19-6-16(21(34)7-23(19)46-24)9-32(11-25(36)37)12-26(38)39/h2-8,34H,9-14H2,1H3,(H,36,37)(H,38,39)(H,40,41)(H,42,43)(H,44,45). The van der Waals surface area contributed by atoms with Gasteiger partial charge in [0.15, 0.2) is 5.43 Å². The minimum absolute atomic E-state index is 0.0110. The first-order chi connectivity index (χ1) is 21.7. The third-order valence-electron chi connectivity index (χ3n) is 7.19. The highest BCUT2D eigenvalue weighted by molar-refractivity contribution is 6.08. The zero-order valence-corrected chi connectivity index (χ0v) is 24.2. The molecule has 0 bridgehead atoms. The number of hydrogen-bond acceptors (Lipinski definition) is 10. The lowest BCUT2D eigenvalue weighted by Crippen LogP contribution is -2.35. The first-order valence-electron chi connectivity index (χ1n) is 13.6. The Morgan fingerprint density at radius 1 is 0.739 bits per heavy atom. The van der Waals surface area contributed by atoms with Gasteiger partial charge in [0.25, 0.3) is 0 Å². The normalized spacial score (nSPS) is 11.4. The number of carboxylic acids is 5. The van der Waals surface area contributed by atoms with Crippen LogP contribution in [0, 0.1) is 6.92 Å². The van der Waals surface area contributed by atoms with Crippen molar-refractivity contribution < 1.29 is 59.0 Å². The third-order valence-corrected chi connectivity index (χ3v) is 7.19. The van der Waals surface area contributed by atoms with E-state index in [0.29, 0.717) is 0 Å². The predicted octanol–water partition coefficient (Wildman–Crippen LogP) is 2.22. The molecule has 0 saturated heterocycles. The molecule has 0 radical (unpaired) electrons. The molecule has 0 amide bonds. The first kappa shape index (κ1) is 33.1. The van der Waals surface area contributed by atoms with E-state index in [1.165, 1.54) is 37.3 Å². The van der Waals surface area contributed by atoms with E-state index < -0.39 is 61.5 Å². The molecule has 6 N–H and O–H groups in total. The topological polar surface area (TPSA) is 243 Å². The van der Waals surface area contributed by atoms with Gasteiger partial charge in [-0.3, -0.25) is 33.8 Å². The summed E-state index contributed by atoms with van der Waals surface area (Å²) >= 11 is 0. The van der Waals surface area contributed by atoms with Crippen molar-refractivity contribution in [3.8, 4) is 28.2 Å². The van der Waals surface area contributed by atoms with Crippen LogP contribution in [0.25, 0.3) is 33.4 Å². The molecule has 240 valence electrons. The molecule has 1 heterocycles. The van der Waals surface area contributed by atoms with Crippen molar-refractivity contribution in [3.63, 3.8) is 0 Å². The van der Waals surface area contributed by atoms with E-state index in [4.69, 9.17) is 4.42 Å². The average molecular weight is 637 g/mol. The van der Waals surface area contributed by atoms with Crippen LogP contribution in [0.2, 0.25) is 0 Å². The lowest BCUT2D eigenvalue weighted by atomic mass is 9.86. The van der Waals surface area contributed by atoms with Crippen LogP contribution in [0.5, 0.6) is 5.75 Å². The summed E-state index contributed by atoms with van der Waals surface area (Å²) in [5.41, 5.74) is 0.281. The van der Waals surface area contributed by atoms with E-state index in [1.807, 2.05) is 0 Å². The van der Waals surface area contributed by atoms with E-state index in [0.717, 1.165) is 15.9 Å². The predicted molar refractivity (Wildman–Crippen MR) is 159 cm³/mol. The molecule has 46 heavy (non-hydrogen) atoms. The van der Waals surface area contributed by atoms with E-state index in [2.05, 4.69) is 0 Å². The summed E-state index contributed by atoms with van der Waals surface area (Å²) in [6.07, 6.45) is 0. The molecule has 1 aliphatic heterocycles. The zero-order valence-electron chi connectivity index (χ0n) is 24.2. The second-order valence-corrected chi connectivity index (χ2v) is 10.5. The van der Waals surface area contributed by atoms with Crippen molar-refractivity contribution in [2.75, 3.05) is 26.2 Å². The largest absolute Gasteiger partial charge is 0.507 e. The second kappa shape index (κ2) is 13.5. The van der Waals surface area contributed by atoms with Gasteiger partial charge in [-0.2, -0.15) is 0 Å². The van der Waals surface area contributed by atoms with Crippen LogP contribution in [0.3, 0.4) is 0 Å². The Morgan fingerprint density at radius 3 is 1.83 bits per heavy atom. The van der Waals surface area contributed by atoms with E-state index in [-0.39, 0.29) is 74.5 Å². The molecule has 2 aromatic rings. The Kier molecular flexibility index (Phi) is 9.68. The number of aromatic carboxylic acids is 1. The van der Waals surface area contributed by atoms with Crippen LogP contribution >= 0.6 is 0 Å². The first-order valence-corrected chi connectivity index (χ1v) is 13.6. The molecule has 15 nitrogen and oxygen atoms in total. The van der Waals surface area contributed by atoms with Gasteiger partial charge in [0, 0.05) is 52.9 Å². The summed E-state index contributed by atoms with van der Waals surface area (Å²) in [7, 11) is 0. The summed E-state index contributed by atoms with van der Waals surface area (Å²) in [5, 5.41) is 58.3. The Morgan fingerprint density at radius 2 is 1.28 bits per heavy atom. The fraction of sp³-hybridized carbons (Fsp3) is 0.226. The summed E-state index contributed by atoms with van der Waals surface area (Å²) in [6, 6.07) is 9.64. The molecule has 0 unspecified atom stereocenters. The van der Waals surface area contributed by atoms with Gasteiger partial charge in [-0.15, -0.1) is 0 Å². The smallest absolute Gasteiger partial charge is 0.336 e. The van der Waals surface area contributed by atoms with Crippen molar-refractivity contribution in [2.24, 2.45) is 0 Å². The minimum Gasteiger partial charge on any atom is -0.507 e. The molecular weight excluding hydrogens is 608 g/mol. The number of hydrogen-bond donors (Lipinski definition) is 6. The summed E-state index contributed by atoms with van der Waals surface area (Å²) in [5.74, 6) is -6.96. The van der Waals surface area contributed by atoms with Crippen molar-refractivity contribution in [2.45, 2.75) is 20.0 Å². The highest BCUT2D eigenvalue weighted by atomic mass is 16.4. The highest BCUT2D eigenvalue weighted by Gasteiger charge is 2.28. The van der Waals surface area contributed by atoms with Crippen LogP contribution in [0.15, 0.2) is 51.7 Å². The van der Waals surface area contributed by atoms with Gasteiger partial charge in [0.1, 0.15) is 17.1 Å². The fourth-order valence-electron chi connectivity index (χ4n) is 5.39. The van der Waals surface area contributed by atoms with Gasteiger partial charge in [-0.25, -0.2) is 4.79 Å². The number of nitrogens with zero attached hydrogens (tertiary/aromatic N) is 2. The molecule has 15 heteroatoms. The molecule has 0 atom stereocenters. The number of benzene rings is 3. The maximum Gasteiger partial charge on any atom is 0.336 e. The summed E-state index contributed by atoms with van der Waals surface area (Å²) in [6.45, 7) is -1.90. The molecule has 0 aromatic heterocycles. The van der Waals surface area contributed by atoms with Crippen LogP contribution in [0.4, 0.5) is 0 Å². The quantitative estimate of drug-likeness (QED) is 0.109. The number of phenols is 1. The second-order valence-electron chi connectivity index (χ2n) is 10.5. The molecular formula is C31H28N2O13. The Bertz CT molecular complexity index is 1880. The van der Waals surface area contributed by atoms with Gasteiger partial charge < -0.3 is 35.1 Å². The van der Waals surface area contributed by atoms with E-state index in [1.54, 1.807) is 6.07 Å². The molecule has 1 aliphatic carbocycles. The van der Waals surface area contributed by atoms with Crippen LogP contribution in [-0.4, -0.2) is 96.5 Å². The van der Waals surface area contributed by atoms with Crippen molar-refractivity contribution >= 4 is 40.8 Å². The van der Waals surface area contributed by atoms with Crippen molar-refractivity contribution in [1.29, 1.82) is 0 Å². The Labute approximate surface area is 259 Å². The summed E-state index contributed by atoms with van der Waals surface area (Å²) in [4.78, 5) is 73.4. The lowest BCUT2D eigenvalue weighted by Gasteiger charge is -2.24. The number of rotatable bonds is 14. The zero-order chi connectivity index (χ0) is 33.9. The summed E-state index contributed by atoms with van der Waals surface area (Å²) < 4.78 is 6.02. The Balaban J connectivity index is 2.07. The number of carboxylic acid groups (broad SMARTS) is 5. The Hall–Kier alpha value is -5.80. The van der Waals surface area contributed by atoms with Gasteiger partial charge in [-0.05, 0) is 30.2 Å². The van der Waals surface area contributed by atoms with Crippen molar-refractivity contribution in [3.05, 3.63) is 74.9 Å². The number of aliphatic carboxylic acids is 4. The monoisotopic (exact) mass is 636 g/mol. The van der Waals surface area contributed by atoms with Gasteiger partial charge in [0.05, 0.1) is 31.7 Å². The number of phenolic OH excluding ortho intramolecular Hbond substituents is 1. The molecule has 0 saturated carbocycles. The lowest BCUT2D eigenvalue weighted by molar-refractivity contribution is -0.144. The maximum atomic E-state index is 13.3. The number of fused-ring (bicyclic) bond motifs is 2. The van der Waals surface area contributed by atoms with E-state index in [9.17, 15) is 59.4 Å².